The summed E-state index contributed by atoms with van der Waals surface area (Å²) in [5.41, 5.74) is 3.04. The number of hydrogen-bond acceptors (Lipinski definition) is 3. The predicted molar refractivity (Wildman–Crippen MR) is 102 cm³/mol. The van der Waals surface area contributed by atoms with Crippen LogP contribution in [-0.4, -0.2) is 15.9 Å². The molecule has 128 valence electrons. The van der Waals surface area contributed by atoms with Crippen molar-refractivity contribution < 1.29 is 9.32 Å². The molecule has 8 heteroatoms. The Kier molecular flexibility index (Phi) is 5.54. The average Bonchev–Trinajstić information content (AvgIpc) is 3.04. The summed E-state index contributed by atoms with van der Waals surface area (Å²) in [6.07, 6.45) is 1.47. The number of nitrogens with one attached hydrogen (secondary N) is 1. The normalized spacial score (nSPS) is 10.9. The van der Waals surface area contributed by atoms with Crippen LogP contribution in [0.2, 0.25) is 10.0 Å². The highest BCUT2D eigenvalue weighted by molar-refractivity contribution is 6.54. The van der Waals surface area contributed by atoms with Crippen LogP contribution in [0, 0.1) is 0 Å². The molecule has 0 spiro atoms. The van der Waals surface area contributed by atoms with Gasteiger partial charge in [0.2, 0.25) is 0 Å². The van der Waals surface area contributed by atoms with Gasteiger partial charge in [0.25, 0.3) is 5.91 Å². The van der Waals surface area contributed by atoms with Crippen molar-refractivity contribution in [1.82, 2.24) is 5.16 Å². The second-order valence-electron chi connectivity index (χ2n) is 5.04. The molecule has 1 amide bonds. The largest absolute Gasteiger partial charge is 0.363 e. The van der Waals surface area contributed by atoms with Gasteiger partial charge in [-0.15, -0.1) is 0 Å². The molecule has 0 atom stereocenters. The number of benzene rings is 2. The van der Waals surface area contributed by atoms with Crippen LogP contribution in [0.25, 0.3) is 22.4 Å². The van der Waals surface area contributed by atoms with E-state index in [-0.39, 0.29) is 0 Å². The summed E-state index contributed by atoms with van der Waals surface area (Å²) in [6.45, 7) is 0. The lowest BCUT2D eigenvalue weighted by atomic mass is 10.0. The van der Waals surface area contributed by atoms with Crippen molar-refractivity contribution in [2.45, 2.75) is 4.84 Å². The van der Waals surface area contributed by atoms with Gasteiger partial charge in [0.05, 0.1) is 15.6 Å². The quantitative estimate of drug-likeness (QED) is 0.527. The molecule has 0 aliphatic carbocycles. The lowest BCUT2D eigenvalue weighted by Gasteiger charge is -2.09. The van der Waals surface area contributed by atoms with Crippen LogP contribution < -0.4 is 5.32 Å². The zero-order valence-corrected chi connectivity index (χ0v) is 15.5. The first-order valence-electron chi connectivity index (χ1n) is 7.05. The number of rotatable bonds is 4. The molecule has 0 aliphatic rings. The smallest absolute Gasteiger partial charge is 0.257 e. The SMILES string of the molecule is O=C(Nc1cccc(-c2nocc2-c2c(Cl)cccc2Cl)c1)C(Cl)Cl. The van der Waals surface area contributed by atoms with Gasteiger partial charge < -0.3 is 9.84 Å². The Bertz CT molecular complexity index is 904. The van der Waals surface area contributed by atoms with E-state index >= 15 is 0 Å². The maximum atomic E-state index is 11.6. The van der Waals surface area contributed by atoms with Crippen LogP contribution in [0.1, 0.15) is 0 Å². The molecule has 25 heavy (non-hydrogen) atoms. The lowest BCUT2D eigenvalue weighted by Crippen LogP contribution is -2.18. The van der Waals surface area contributed by atoms with Gasteiger partial charge in [-0.25, -0.2) is 0 Å². The number of halogens is 4. The maximum Gasteiger partial charge on any atom is 0.257 e. The van der Waals surface area contributed by atoms with Crippen LogP contribution in [0.5, 0.6) is 0 Å². The molecule has 2 aromatic carbocycles. The fourth-order valence-electron chi connectivity index (χ4n) is 2.32. The summed E-state index contributed by atoms with van der Waals surface area (Å²) in [7, 11) is 0. The zero-order chi connectivity index (χ0) is 18.0. The molecule has 0 unspecified atom stereocenters. The molecular formula is C17H10Cl4N2O2. The highest BCUT2D eigenvalue weighted by Gasteiger charge is 2.18. The van der Waals surface area contributed by atoms with Gasteiger partial charge in [-0.05, 0) is 24.3 Å². The van der Waals surface area contributed by atoms with E-state index in [2.05, 4.69) is 10.5 Å². The first kappa shape index (κ1) is 18.1. The number of anilines is 1. The Morgan fingerprint density at radius 1 is 1.08 bits per heavy atom. The summed E-state index contributed by atoms with van der Waals surface area (Å²) in [4.78, 5) is 10.5. The molecule has 0 saturated carbocycles. The Labute approximate surface area is 163 Å². The third-order valence-corrected chi connectivity index (χ3v) is 4.43. The van der Waals surface area contributed by atoms with E-state index in [1.165, 1.54) is 6.26 Å². The first-order valence-corrected chi connectivity index (χ1v) is 8.68. The van der Waals surface area contributed by atoms with Crippen molar-refractivity contribution in [3.8, 4) is 22.4 Å². The molecule has 0 saturated heterocycles. The third-order valence-electron chi connectivity index (χ3n) is 3.40. The van der Waals surface area contributed by atoms with Gasteiger partial charge in [-0.3, -0.25) is 4.79 Å². The number of alkyl halides is 2. The summed E-state index contributed by atoms with van der Waals surface area (Å²) in [6, 6.07) is 12.2. The standard InChI is InChI=1S/C17H10Cl4N2O2/c18-12-5-2-6-13(19)14(12)11-8-25-23-15(11)9-3-1-4-10(7-9)22-17(24)16(20)21/h1-8,16H,(H,22,24). The van der Waals surface area contributed by atoms with Gasteiger partial charge in [0.1, 0.15) is 12.0 Å². The molecule has 4 nitrogen and oxygen atoms in total. The van der Waals surface area contributed by atoms with Crippen LogP contribution >= 0.6 is 46.4 Å². The molecule has 0 bridgehead atoms. The fraction of sp³-hybridized carbons (Fsp3) is 0.0588. The fourth-order valence-corrected chi connectivity index (χ4v) is 3.03. The lowest BCUT2D eigenvalue weighted by molar-refractivity contribution is -0.114. The van der Waals surface area contributed by atoms with Gasteiger partial charge in [0.15, 0.2) is 4.84 Å². The van der Waals surface area contributed by atoms with E-state index < -0.39 is 10.7 Å². The van der Waals surface area contributed by atoms with Gasteiger partial charge in [-0.2, -0.15) is 0 Å². The monoisotopic (exact) mass is 414 g/mol. The summed E-state index contributed by atoms with van der Waals surface area (Å²) in [5.74, 6) is -0.519. The molecule has 0 radical (unpaired) electrons. The van der Waals surface area contributed by atoms with Gasteiger partial charge >= 0.3 is 0 Å². The number of carbonyl (C=O) groups excluding carboxylic acids is 1. The Balaban J connectivity index is 2.02. The molecule has 3 aromatic rings. The third kappa shape index (κ3) is 3.93. The average molecular weight is 416 g/mol. The summed E-state index contributed by atoms with van der Waals surface area (Å²) in [5, 5.41) is 7.62. The molecule has 0 fully saturated rings. The molecule has 1 N–H and O–H groups in total. The number of aromatic nitrogens is 1. The van der Waals surface area contributed by atoms with Crippen molar-refractivity contribution in [3.63, 3.8) is 0 Å². The van der Waals surface area contributed by atoms with Crippen LogP contribution in [0.4, 0.5) is 5.69 Å². The van der Waals surface area contributed by atoms with Crippen LogP contribution in [-0.2, 0) is 4.79 Å². The van der Waals surface area contributed by atoms with Crippen molar-refractivity contribution in [2.75, 3.05) is 5.32 Å². The van der Waals surface area contributed by atoms with Crippen molar-refractivity contribution >= 4 is 58.0 Å². The van der Waals surface area contributed by atoms with Crippen molar-refractivity contribution in [2.24, 2.45) is 0 Å². The number of carbonyl (C=O) groups is 1. The first-order chi connectivity index (χ1) is 12.0. The van der Waals surface area contributed by atoms with E-state index in [0.29, 0.717) is 38.1 Å². The number of amides is 1. The highest BCUT2D eigenvalue weighted by Crippen LogP contribution is 2.40. The minimum atomic E-state index is -1.16. The molecular weight excluding hydrogens is 406 g/mol. The Morgan fingerprint density at radius 3 is 2.44 bits per heavy atom. The van der Waals surface area contributed by atoms with E-state index in [9.17, 15) is 4.79 Å². The van der Waals surface area contributed by atoms with Crippen LogP contribution in [0.3, 0.4) is 0 Å². The zero-order valence-electron chi connectivity index (χ0n) is 12.5. The molecule has 3 rings (SSSR count). The molecule has 1 heterocycles. The van der Waals surface area contributed by atoms with Crippen molar-refractivity contribution in [3.05, 3.63) is 58.8 Å². The maximum absolute atomic E-state index is 11.6. The minimum absolute atomic E-state index is 0.480. The van der Waals surface area contributed by atoms with Gasteiger partial charge in [-0.1, -0.05) is 69.8 Å². The van der Waals surface area contributed by atoms with E-state index in [1.54, 1.807) is 36.4 Å². The summed E-state index contributed by atoms with van der Waals surface area (Å²) >= 11 is 23.7. The van der Waals surface area contributed by atoms with Gasteiger partial charge in [0, 0.05) is 16.8 Å². The topological polar surface area (TPSA) is 55.1 Å². The number of nitrogens with zero attached hydrogens (tertiary/aromatic N) is 1. The Morgan fingerprint density at radius 2 is 1.76 bits per heavy atom. The van der Waals surface area contributed by atoms with E-state index in [4.69, 9.17) is 50.9 Å². The van der Waals surface area contributed by atoms with Crippen molar-refractivity contribution in [1.29, 1.82) is 0 Å². The highest BCUT2D eigenvalue weighted by atomic mass is 35.5. The van der Waals surface area contributed by atoms with Crippen LogP contribution in [0.15, 0.2) is 53.3 Å². The predicted octanol–water partition coefficient (Wildman–Crippen LogP) is 6.06. The Hall–Kier alpha value is -1.72. The second kappa shape index (κ2) is 7.67. The molecule has 1 aromatic heterocycles. The number of hydrogen-bond donors (Lipinski definition) is 1. The minimum Gasteiger partial charge on any atom is -0.363 e. The summed E-state index contributed by atoms with van der Waals surface area (Å²) < 4.78 is 5.13. The second-order valence-corrected chi connectivity index (χ2v) is 6.95. The van der Waals surface area contributed by atoms with E-state index in [1.807, 2.05) is 6.07 Å². The molecule has 0 aliphatic heterocycles. The van der Waals surface area contributed by atoms with E-state index in [0.717, 1.165) is 0 Å².